The van der Waals surface area contributed by atoms with Crippen LogP contribution >= 0.6 is 10.7 Å². The summed E-state index contributed by atoms with van der Waals surface area (Å²) in [4.78, 5) is 20.6. The molecule has 1 N–H and O–H groups in total. The highest BCUT2D eigenvalue weighted by Gasteiger charge is 2.25. The Labute approximate surface area is 107 Å². The van der Waals surface area contributed by atoms with E-state index in [2.05, 4.69) is 5.32 Å². The summed E-state index contributed by atoms with van der Waals surface area (Å²) >= 11 is 0. The van der Waals surface area contributed by atoms with Gasteiger partial charge in [0, 0.05) is 28.9 Å². The third-order valence-corrected chi connectivity index (χ3v) is 3.37. The molecule has 0 fully saturated rings. The van der Waals surface area contributed by atoms with E-state index in [-0.39, 0.29) is 5.56 Å². The molecule has 0 aromatic heterocycles. The molecule has 0 aliphatic heterocycles. The van der Waals surface area contributed by atoms with Crippen LogP contribution in [0.4, 0.5) is 5.69 Å². The van der Waals surface area contributed by atoms with Crippen molar-refractivity contribution in [2.75, 3.05) is 6.54 Å². The molecule has 0 saturated heterocycles. The molecule has 0 aliphatic carbocycles. The second-order valence-corrected chi connectivity index (χ2v) is 5.77. The van der Waals surface area contributed by atoms with Gasteiger partial charge in [-0.05, 0) is 19.1 Å². The molecule has 1 rings (SSSR count). The van der Waals surface area contributed by atoms with Crippen LogP contribution in [-0.4, -0.2) is 25.8 Å². The van der Waals surface area contributed by atoms with Crippen LogP contribution < -0.4 is 5.32 Å². The van der Waals surface area contributed by atoms with Crippen LogP contribution in [0.15, 0.2) is 23.1 Å². The van der Waals surface area contributed by atoms with E-state index in [0.29, 0.717) is 6.54 Å². The summed E-state index contributed by atoms with van der Waals surface area (Å²) in [6.07, 6.45) is 0. The standard InChI is InChI=1S/C9H9ClN2O5S/c1-2-11-9(13)6-3-4-7(12(14)15)8(5-6)18(10,16)17/h3-5H,2H2,1H3,(H,11,13). The van der Waals surface area contributed by atoms with Crippen LogP contribution in [0.1, 0.15) is 17.3 Å². The normalized spacial score (nSPS) is 11.0. The molecular weight excluding hydrogens is 284 g/mol. The summed E-state index contributed by atoms with van der Waals surface area (Å²) in [5, 5.41) is 13.1. The molecule has 0 heterocycles. The number of hydrogen-bond donors (Lipinski definition) is 1. The molecule has 7 nitrogen and oxygen atoms in total. The van der Waals surface area contributed by atoms with E-state index in [0.717, 1.165) is 18.2 Å². The third-order valence-electron chi connectivity index (χ3n) is 2.02. The van der Waals surface area contributed by atoms with Gasteiger partial charge < -0.3 is 5.32 Å². The molecule has 0 atom stereocenters. The van der Waals surface area contributed by atoms with Crippen molar-refractivity contribution in [3.63, 3.8) is 0 Å². The zero-order chi connectivity index (χ0) is 13.9. The average molecular weight is 293 g/mol. The first-order valence-corrected chi connectivity index (χ1v) is 7.09. The fourth-order valence-electron chi connectivity index (χ4n) is 1.26. The number of nitrogens with zero attached hydrogens (tertiary/aromatic N) is 1. The van der Waals surface area contributed by atoms with Crippen molar-refractivity contribution in [3.8, 4) is 0 Å². The van der Waals surface area contributed by atoms with E-state index in [1.165, 1.54) is 0 Å². The molecule has 0 spiro atoms. The molecule has 98 valence electrons. The molecule has 0 radical (unpaired) electrons. The zero-order valence-corrected chi connectivity index (χ0v) is 10.8. The highest BCUT2D eigenvalue weighted by atomic mass is 35.7. The maximum Gasteiger partial charge on any atom is 0.289 e. The summed E-state index contributed by atoms with van der Waals surface area (Å²) in [5.74, 6) is -0.533. The van der Waals surface area contributed by atoms with Crippen molar-refractivity contribution in [2.24, 2.45) is 0 Å². The number of nitro benzene ring substituents is 1. The van der Waals surface area contributed by atoms with Gasteiger partial charge in [-0.15, -0.1) is 0 Å². The first-order valence-electron chi connectivity index (χ1n) is 4.78. The van der Waals surface area contributed by atoms with Crippen molar-refractivity contribution in [2.45, 2.75) is 11.8 Å². The number of halogens is 1. The quantitative estimate of drug-likeness (QED) is 0.511. The number of amides is 1. The van der Waals surface area contributed by atoms with Crippen LogP contribution in [-0.2, 0) is 9.05 Å². The molecule has 1 aromatic carbocycles. The van der Waals surface area contributed by atoms with Gasteiger partial charge in [-0.2, -0.15) is 0 Å². The Kier molecular flexibility index (Phi) is 4.25. The third kappa shape index (κ3) is 3.17. The number of nitro groups is 1. The molecule has 1 amide bonds. The topological polar surface area (TPSA) is 106 Å². The van der Waals surface area contributed by atoms with Crippen molar-refractivity contribution in [3.05, 3.63) is 33.9 Å². The van der Waals surface area contributed by atoms with Crippen molar-refractivity contribution in [1.82, 2.24) is 5.32 Å². The van der Waals surface area contributed by atoms with E-state index in [9.17, 15) is 23.3 Å². The zero-order valence-electron chi connectivity index (χ0n) is 9.21. The van der Waals surface area contributed by atoms with Crippen LogP contribution in [0, 0.1) is 10.1 Å². The lowest BCUT2D eigenvalue weighted by atomic mass is 10.2. The summed E-state index contributed by atoms with van der Waals surface area (Å²) in [7, 11) is 0.799. The lowest BCUT2D eigenvalue weighted by molar-refractivity contribution is -0.387. The number of rotatable bonds is 4. The maximum atomic E-state index is 11.5. The highest BCUT2D eigenvalue weighted by Crippen LogP contribution is 2.27. The lowest BCUT2D eigenvalue weighted by Gasteiger charge is -2.04. The number of hydrogen-bond acceptors (Lipinski definition) is 5. The minimum Gasteiger partial charge on any atom is -0.352 e. The van der Waals surface area contributed by atoms with E-state index >= 15 is 0 Å². The predicted molar refractivity (Wildman–Crippen MR) is 64.1 cm³/mol. The lowest BCUT2D eigenvalue weighted by Crippen LogP contribution is -2.22. The Bertz CT molecular complexity index is 599. The fraction of sp³-hybridized carbons (Fsp3) is 0.222. The SMILES string of the molecule is CCNC(=O)c1ccc([N+](=O)[O-])c(S(=O)(=O)Cl)c1. The van der Waals surface area contributed by atoms with Gasteiger partial charge in [0.2, 0.25) is 0 Å². The first kappa shape index (κ1) is 14.4. The number of carbonyl (C=O) groups excluding carboxylic acids is 1. The van der Waals surface area contributed by atoms with Crippen molar-refractivity contribution < 1.29 is 18.1 Å². The smallest absolute Gasteiger partial charge is 0.289 e. The summed E-state index contributed by atoms with van der Waals surface area (Å²) in [6, 6.07) is 2.97. The van der Waals surface area contributed by atoms with Crippen LogP contribution in [0.5, 0.6) is 0 Å². The second kappa shape index (κ2) is 5.32. The van der Waals surface area contributed by atoms with E-state index in [1.807, 2.05) is 0 Å². The molecule has 18 heavy (non-hydrogen) atoms. The monoisotopic (exact) mass is 292 g/mol. The fourth-order valence-corrected chi connectivity index (χ4v) is 2.29. The molecule has 1 aromatic rings. The minimum atomic E-state index is -4.30. The van der Waals surface area contributed by atoms with E-state index in [1.54, 1.807) is 6.92 Å². The second-order valence-electron chi connectivity index (χ2n) is 3.24. The van der Waals surface area contributed by atoms with Gasteiger partial charge in [0.05, 0.1) is 4.92 Å². The molecule has 0 aliphatic rings. The Morgan fingerprint density at radius 3 is 2.56 bits per heavy atom. The Balaban J connectivity index is 3.40. The molecule has 9 heteroatoms. The van der Waals surface area contributed by atoms with Crippen LogP contribution in [0.3, 0.4) is 0 Å². The number of carbonyl (C=O) groups is 1. The van der Waals surface area contributed by atoms with Crippen molar-refractivity contribution in [1.29, 1.82) is 0 Å². The van der Waals surface area contributed by atoms with Gasteiger partial charge >= 0.3 is 0 Å². The van der Waals surface area contributed by atoms with Gasteiger partial charge in [0.25, 0.3) is 20.6 Å². The Morgan fingerprint density at radius 2 is 2.11 bits per heavy atom. The molecule has 0 saturated carbocycles. The van der Waals surface area contributed by atoms with Crippen LogP contribution in [0.25, 0.3) is 0 Å². The molecule has 0 bridgehead atoms. The summed E-state index contributed by atoms with van der Waals surface area (Å²) < 4.78 is 22.4. The van der Waals surface area contributed by atoms with Gasteiger partial charge in [-0.25, -0.2) is 8.42 Å². The summed E-state index contributed by atoms with van der Waals surface area (Å²) in [5.41, 5.74) is -0.681. The minimum absolute atomic E-state index is 0.0123. The number of benzene rings is 1. The van der Waals surface area contributed by atoms with Gasteiger partial charge in [0.1, 0.15) is 0 Å². The molecular formula is C9H9ClN2O5S. The Morgan fingerprint density at radius 1 is 1.50 bits per heavy atom. The largest absolute Gasteiger partial charge is 0.352 e. The number of nitrogens with one attached hydrogen (secondary N) is 1. The van der Waals surface area contributed by atoms with Gasteiger partial charge in [0.15, 0.2) is 4.90 Å². The van der Waals surface area contributed by atoms with E-state index in [4.69, 9.17) is 10.7 Å². The van der Waals surface area contributed by atoms with Crippen LogP contribution in [0.2, 0.25) is 0 Å². The maximum absolute atomic E-state index is 11.5. The predicted octanol–water partition coefficient (Wildman–Crippen LogP) is 1.27. The summed E-state index contributed by atoms with van der Waals surface area (Å²) in [6.45, 7) is 2.03. The Hall–Kier alpha value is -1.67. The molecule has 0 unspecified atom stereocenters. The highest BCUT2D eigenvalue weighted by molar-refractivity contribution is 8.13. The first-order chi connectivity index (χ1) is 8.27. The van der Waals surface area contributed by atoms with Crippen molar-refractivity contribution >= 4 is 31.3 Å². The average Bonchev–Trinajstić information content (AvgIpc) is 2.27. The van der Waals surface area contributed by atoms with Gasteiger partial charge in [-0.3, -0.25) is 14.9 Å². The van der Waals surface area contributed by atoms with Gasteiger partial charge in [-0.1, -0.05) is 0 Å². The van der Waals surface area contributed by atoms with E-state index < -0.39 is 30.5 Å².